The van der Waals surface area contributed by atoms with Crippen LogP contribution in [-0.2, 0) is 19.1 Å². The van der Waals surface area contributed by atoms with Gasteiger partial charge in [-0.3, -0.25) is 9.55 Å². The molecule has 3 aromatic heterocycles. The number of nitrogens with one attached hydrogen (secondary N) is 2. The number of aromatic nitrogens is 4. The molecule has 0 spiro atoms. The molecule has 0 bridgehead atoms. The third-order valence-electron chi connectivity index (χ3n) is 4.29. The Morgan fingerprint density at radius 1 is 1.31 bits per heavy atom. The Bertz CT molecular complexity index is 1050. The van der Waals surface area contributed by atoms with Crippen LogP contribution in [-0.4, -0.2) is 33.2 Å². The van der Waals surface area contributed by atoms with Gasteiger partial charge in [0.2, 0.25) is 5.88 Å². The maximum atomic E-state index is 13.3. The average molecular weight is 365 g/mol. The minimum atomic E-state index is -4.66. The smallest absolute Gasteiger partial charge is 0.421 e. The van der Waals surface area contributed by atoms with Crippen LogP contribution in [0.2, 0.25) is 0 Å². The lowest BCUT2D eigenvalue weighted by atomic mass is 10.1. The summed E-state index contributed by atoms with van der Waals surface area (Å²) in [5.74, 6) is -0.547. The van der Waals surface area contributed by atoms with E-state index in [0.717, 1.165) is 42.0 Å². The van der Waals surface area contributed by atoms with Crippen molar-refractivity contribution in [1.29, 1.82) is 0 Å². The molecule has 0 aromatic carbocycles. The first-order valence-corrected chi connectivity index (χ1v) is 7.84. The van der Waals surface area contributed by atoms with E-state index in [1.807, 2.05) is 0 Å². The molecule has 1 aliphatic rings. The summed E-state index contributed by atoms with van der Waals surface area (Å²) >= 11 is 0. The highest BCUT2D eigenvalue weighted by atomic mass is 19.4. The number of hydrogen-bond donors (Lipinski definition) is 2. The zero-order valence-electron chi connectivity index (χ0n) is 13.6. The number of hydrogen-bond acceptors (Lipinski definition) is 5. The van der Waals surface area contributed by atoms with Crippen LogP contribution in [0.5, 0.6) is 5.88 Å². The maximum absolute atomic E-state index is 13.3. The van der Waals surface area contributed by atoms with Crippen molar-refractivity contribution in [3.05, 3.63) is 45.6 Å². The number of H-pyrrole nitrogens is 1. The summed E-state index contributed by atoms with van der Waals surface area (Å²) in [5.41, 5.74) is 0.870. The minimum Gasteiger partial charge on any atom is -0.481 e. The standard InChI is InChI=1S/C16H14F3N5O2/c1-26-14-10(16(17,18)19)5-9(7-21-14)24-12-4-8-6-20-3-2-11(8)22-13(12)23-15(24)25/h4-5,7,20H,2-3,6H2,1H3,(H,22,23,25). The Morgan fingerprint density at radius 2 is 2.12 bits per heavy atom. The highest BCUT2D eigenvalue weighted by Gasteiger charge is 2.36. The first-order chi connectivity index (χ1) is 12.4. The van der Waals surface area contributed by atoms with E-state index >= 15 is 0 Å². The van der Waals surface area contributed by atoms with E-state index in [4.69, 9.17) is 0 Å². The predicted octanol–water partition coefficient (Wildman–Crippen LogP) is 1.78. The quantitative estimate of drug-likeness (QED) is 0.723. The molecule has 0 fully saturated rings. The van der Waals surface area contributed by atoms with Crippen molar-refractivity contribution in [2.75, 3.05) is 13.7 Å². The molecule has 0 saturated carbocycles. The van der Waals surface area contributed by atoms with E-state index in [-0.39, 0.29) is 5.69 Å². The number of pyridine rings is 2. The zero-order valence-corrected chi connectivity index (χ0v) is 13.6. The van der Waals surface area contributed by atoms with E-state index in [1.54, 1.807) is 6.07 Å². The van der Waals surface area contributed by atoms with Gasteiger partial charge in [-0.25, -0.2) is 14.8 Å². The largest absolute Gasteiger partial charge is 0.481 e. The fourth-order valence-electron chi connectivity index (χ4n) is 3.09. The second kappa shape index (κ2) is 5.84. The minimum absolute atomic E-state index is 0.0140. The highest BCUT2D eigenvalue weighted by Crippen LogP contribution is 2.36. The molecule has 0 radical (unpaired) electrons. The number of alkyl halides is 3. The molecule has 4 heterocycles. The molecule has 1 aliphatic heterocycles. The Morgan fingerprint density at radius 3 is 2.85 bits per heavy atom. The number of nitrogens with zero attached hydrogens (tertiary/aromatic N) is 3. The van der Waals surface area contributed by atoms with Crippen molar-refractivity contribution in [1.82, 2.24) is 24.8 Å². The molecule has 0 saturated heterocycles. The van der Waals surface area contributed by atoms with Crippen molar-refractivity contribution in [3.63, 3.8) is 0 Å². The predicted molar refractivity (Wildman–Crippen MR) is 86.5 cm³/mol. The van der Waals surface area contributed by atoms with Crippen molar-refractivity contribution in [2.45, 2.75) is 19.1 Å². The molecule has 0 aliphatic carbocycles. The number of rotatable bonds is 2. The van der Waals surface area contributed by atoms with E-state index < -0.39 is 23.3 Å². The SMILES string of the molecule is COc1ncc(-n2c(=O)[nH]c3nc4c(cc32)CNCC4)cc1C(F)(F)F. The third kappa shape index (κ3) is 2.62. The van der Waals surface area contributed by atoms with E-state index in [1.165, 1.54) is 6.20 Å². The third-order valence-corrected chi connectivity index (χ3v) is 4.29. The lowest BCUT2D eigenvalue weighted by Crippen LogP contribution is -2.24. The normalized spacial score (nSPS) is 14.5. The molecule has 2 N–H and O–H groups in total. The molecule has 26 heavy (non-hydrogen) atoms. The van der Waals surface area contributed by atoms with Crippen LogP contribution < -0.4 is 15.7 Å². The van der Waals surface area contributed by atoms with Crippen LogP contribution in [0.1, 0.15) is 16.8 Å². The van der Waals surface area contributed by atoms with Gasteiger partial charge in [-0.05, 0) is 17.7 Å². The topological polar surface area (TPSA) is 84.8 Å². The monoisotopic (exact) mass is 365 g/mol. The van der Waals surface area contributed by atoms with Crippen LogP contribution in [0.3, 0.4) is 0 Å². The molecule has 0 atom stereocenters. The van der Waals surface area contributed by atoms with Gasteiger partial charge < -0.3 is 10.1 Å². The lowest BCUT2D eigenvalue weighted by Gasteiger charge is -2.16. The Labute approximate surface area is 144 Å². The zero-order chi connectivity index (χ0) is 18.5. The number of ether oxygens (including phenoxy) is 1. The fourth-order valence-corrected chi connectivity index (χ4v) is 3.09. The molecule has 0 unspecified atom stereocenters. The van der Waals surface area contributed by atoms with Crippen molar-refractivity contribution in [3.8, 4) is 11.6 Å². The summed E-state index contributed by atoms with van der Waals surface area (Å²) in [7, 11) is 1.11. The molecule has 3 aromatic rings. The van der Waals surface area contributed by atoms with Crippen LogP contribution in [0.4, 0.5) is 13.2 Å². The van der Waals surface area contributed by atoms with Gasteiger partial charge >= 0.3 is 11.9 Å². The number of imidazole rings is 1. The van der Waals surface area contributed by atoms with Gasteiger partial charge in [0, 0.05) is 25.2 Å². The van der Waals surface area contributed by atoms with E-state index in [0.29, 0.717) is 17.7 Å². The van der Waals surface area contributed by atoms with Crippen LogP contribution in [0, 0.1) is 0 Å². The van der Waals surface area contributed by atoms with Gasteiger partial charge in [-0.2, -0.15) is 13.2 Å². The number of aromatic amines is 1. The van der Waals surface area contributed by atoms with Gasteiger partial charge in [0.05, 0.1) is 24.5 Å². The molecule has 7 nitrogen and oxygen atoms in total. The van der Waals surface area contributed by atoms with Gasteiger partial charge in [0.25, 0.3) is 0 Å². The molecule has 4 rings (SSSR count). The molecular formula is C16H14F3N5O2. The first-order valence-electron chi connectivity index (χ1n) is 7.84. The summed E-state index contributed by atoms with van der Waals surface area (Å²) in [6, 6.07) is 2.61. The number of halogens is 3. The highest BCUT2D eigenvalue weighted by molar-refractivity contribution is 5.75. The van der Waals surface area contributed by atoms with Crippen molar-refractivity contribution < 1.29 is 17.9 Å². The lowest BCUT2D eigenvalue weighted by molar-refractivity contribution is -0.139. The van der Waals surface area contributed by atoms with Gasteiger partial charge in [-0.1, -0.05) is 0 Å². The molecule has 10 heteroatoms. The summed E-state index contributed by atoms with van der Waals surface area (Å²) in [6.07, 6.45) is -2.77. The van der Waals surface area contributed by atoms with E-state index in [9.17, 15) is 18.0 Å². The first kappa shape index (κ1) is 16.6. The average Bonchev–Trinajstić information content (AvgIpc) is 2.93. The van der Waals surface area contributed by atoms with Gasteiger partial charge in [0.15, 0.2) is 5.65 Å². The summed E-state index contributed by atoms with van der Waals surface area (Å²) < 4.78 is 45.6. The molecule has 136 valence electrons. The Balaban J connectivity index is 1.94. The van der Waals surface area contributed by atoms with Crippen LogP contribution >= 0.6 is 0 Å². The number of fused-ring (bicyclic) bond motifs is 2. The van der Waals surface area contributed by atoms with Crippen molar-refractivity contribution >= 4 is 11.2 Å². The van der Waals surface area contributed by atoms with Gasteiger partial charge in [0.1, 0.15) is 5.56 Å². The summed E-state index contributed by atoms with van der Waals surface area (Å²) in [5, 5.41) is 3.20. The van der Waals surface area contributed by atoms with Crippen LogP contribution in [0.25, 0.3) is 16.9 Å². The Kier molecular flexibility index (Phi) is 3.72. The number of methoxy groups -OCH3 is 1. The second-order valence-electron chi connectivity index (χ2n) is 5.90. The fraction of sp³-hybridized carbons (Fsp3) is 0.312. The summed E-state index contributed by atoms with van der Waals surface area (Å²) in [6.45, 7) is 1.38. The second-order valence-corrected chi connectivity index (χ2v) is 5.90. The molecule has 0 amide bonds. The summed E-state index contributed by atoms with van der Waals surface area (Å²) in [4.78, 5) is 23.1. The molecular weight excluding hydrogens is 351 g/mol. The van der Waals surface area contributed by atoms with Crippen molar-refractivity contribution in [2.24, 2.45) is 0 Å². The van der Waals surface area contributed by atoms with E-state index in [2.05, 4.69) is 25.0 Å². The van der Waals surface area contributed by atoms with Gasteiger partial charge in [-0.15, -0.1) is 0 Å². The maximum Gasteiger partial charge on any atom is 0.421 e. The Hall–Kier alpha value is -2.88. The van der Waals surface area contributed by atoms with Crippen LogP contribution in [0.15, 0.2) is 23.1 Å².